The van der Waals surface area contributed by atoms with Gasteiger partial charge in [-0.05, 0) is 37.8 Å². The minimum absolute atomic E-state index is 0.0428. The van der Waals surface area contributed by atoms with Crippen molar-refractivity contribution >= 4 is 17.5 Å². The fraction of sp³-hybridized carbons (Fsp3) is 0.562. The third kappa shape index (κ3) is 3.74. The molecule has 1 fully saturated rings. The number of hydrogen-bond donors (Lipinski definition) is 1. The fourth-order valence-electron chi connectivity index (χ4n) is 2.56. The SMILES string of the molecule is Cc1ccc(C)c(CC(=O)NC2(CCl)CCOCC2)c1. The highest BCUT2D eigenvalue weighted by Crippen LogP contribution is 2.22. The van der Waals surface area contributed by atoms with E-state index in [4.69, 9.17) is 16.3 Å². The molecule has 0 saturated carbocycles. The second kappa shape index (κ2) is 6.59. The summed E-state index contributed by atoms with van der Waals surface area (Å²) in [5.74, 6) is 0.482. The Bertz CT molecular complexity index is 481. The van der Waals surface area contributed by atoms with Crippen molar-refractivity contribution in [2.24, 2.45) is 0 Å². The number of nitrogens with one attached hydrogen (secondary N) is 1. The molecule has 20 heavy (non-hydrogen) atoms. The Kier molecular flexibility index (Phi) is 5.06. The molecule has 1 amide bonds. The van der Waals surface area contributed by atoms with E-state index in [9.17, 15) is 4.79 Å². The van der Waals surface area contributed by atoms with Crippen LogP contribution < -0.4 is 5.32 Å². The lowest BCUT2D eigenvalue weighted by molar-refractivity contribution is -0.123. The van der Waals surface area contributed by atoms with Crippen LogP contribution in [0.25, 0.3) is 0 Å². The van der Waals surface area contributed by atoms with E-state index >= 15 is 0 Å². The van der Waals surface area contributed by atoms with Crippen LogP contribution in [0.4, 0.5) is 0 Å². The number of carbonyl (C=O) groups is 1. The fourth-order valence-corrected chi connectivity index (χ4v) is 2.89. The van der Waals surface area contributed by atoms with Gasteiger partial charge in [-0.3, -0.25) is 4.79 Å². The van der Waals surface area contributed by atoms with Crippen LogP contribution in [0.15, 0.2) is 18.2 Å². The van der Waals surface area contributed by atoms with E-state index in [1.807, 2.05) is 13.8 Å². The van der Waals surface area contributed by atoms with Crippen LogP contribution in [-0.2, 0) is 16.0 Å². The van der Waals surface area contributed by atoms with Crippen molar-refractivity contribution < 1.29 is 9.53 Å². The zero-order valence-electron chi connectivity index (χ0n) is 12.2. The average molecular weight is 296 g/mol. The lowest BCUT2D eigenvalue weighted by Gasteiger charge is -2.36. The zero-order chi connectivity index (χ0) is 14.6. The quantitative estimate of drug-likeness (QED) is 0.868. The number of aryl methyl sites for hydroxylation is 2. The smallest absolute Gasteiger partial charge is 0.224 e. The Morgan fingerprint density at radius 3 is 2.70 bits per heavy atom. The molecule has 0 radical (unpaired) electrons. The first-order valence-corrected chi connectivity index (χ1v) is 7.59. The van der Waals surface area contributed by atoms with Crippen molar-refractivity contribution in [1.82, 2.24) is 5.32 Å². The number of ether oxygens (including phenoxy) is 1. The molecule has 2 rings (SSSR count). The minimum Gasteiger partial charge on any atom is -0.381 e. The first-order valence-electron chi connectivity index (χ1n) is 7.05. The predicted molar refractivity (Wildman–Crippen MR) is 81.3 cm³/mol. The van der Waals surface area contributed by atoms with Gasteiger partial charge in [-0.15, -0.1) is 11.6 Å². The molecule has 110 valence electrons. The molecule has 0 bridgehead atoms. The van der Waals surface area contributed by atoms with Gasteiger partial charge in [0.15, 0.2) is 0 Å². The predicted octanol–water partition coefficient (Wildman–Crippen LogP) is 2.75. The Morgan fingerprint density at radius 1 is 1.35 bits per heavy atom. The van der Waals surface area contributed by atoms with Gasteiger partial charge in [0.2, 0.25) is 5.91 Å². The van der Waals surface area contributed by atoms with Crippen LogP contribution in [0.5, 0.6) is 0 Å². The highest BCUT2D eigenvalue weighted by Gasteiger charge is 2.33. The summed E-state index contributed by atoms with van der Waals surface area (Å²) in [5, 5.41) is 3.13. The maximum Gasteiger partial charge on any atom is 0.224 e. The number of benzene rings is 1. The summed E-state index contributed by atoms with van der Waals surface area (Å²) in [6.45, 7) is 5.40. The van der Waals surface area contributed by atoms with E-state index in [1.54, 1.807) is 0 Å². The molecule has 1 heterocycles. The molecule has 1 aliphatic rings. The first kappa shape index (κ1) is 15.3. The summed E-state index contributed by atoms with van der Waals surface area (Å²) in [7, 11) is 0. The van der Waals surface area contributed by atoms with Gasteiger partial charge < -0.3 is 10.1 Å². The maximum atomic E-state index is 12.3. The van der Waals surface area contributed by atoms with Gasteiger partial charge in [0, 0.05) is 19.1 Å². The van der Waals surface area contributed by atoms with Crippen LogP contribution in [0, 0.1) is 13.8 Å². The van der Waals surface area contributed by atoms with Crippen molar-refractivity contribution in [3.8, 4) is 0 Å². The second-order valence-electron chi connectivity index (χ2n) is 5.68. The third-order valence-electron chi connectivity index (χ3n) is 3.97. The van der Waals surface area contributed by atoms with Crippen molar-refractivity contribution in [1.29, 1.82) is 0 Å². The first-order chi connectivity index (χ1) is 9.54. The number of amides is 1. The summed E-state index contributed by atoms with van der Waals surface area (Å²) < 4.78 is 5.35. The number of rotatable bonds is 4. The number of alkyl halides is 1. The zero-order valence-corrected chi connectivity index (χ0v) is 12.9. The van der Waals surface area contributed by atoms with Crippen LogP contribution in [0.1, 0.15) is 29.5 Å². The van der Waals surface area contributed by atoms with Gasteiger partial charge in [0.25, 0.3) is 0 Å². The standard InChI is InChI=1S/C16H22ClNO2/c1-12-3-4-13(2)14(9-12)10-15(19)18-16(11-17)5-7-20-8-6-16/h3-4,9H,5-8,10-11H2,1-2H3,(H,18,19). The Hall–Kier alpha value is -1.06. The van der Waals surface area contributed by atoms with Gasteiger partial charge in [-0.2, -0.15) is 0 Å². The normalized spacial score (nSPS) is 17.8. The lowest BCUT2D eigenvalue weighted by atomic mass is 9.91. The van der Waals surface area contributed by atoms with E-state index < -0.39 is 0 Å². The summed E-state index contributed by atoms with van der Waals surface area (Å²) in [4.78, 5) is 12.3. The van der Waals surface area contributed by atoms with Gasteiger partial charge in [0.05, 0.1) is 12.0 Å². The molecule has 0 unspecified atom stereocenters. The van der Waals surface area contributed by atoms with Gasteiger partial charge in [-0.1, -0.05) is 23.8 Å². The summed E-state index contributed by atoms with van der Waals surface area (Å²) in [6.07, 6.45) is 1.98. The van der Waals surface area contributed by atoms with Crippen molar-refractivity contribution in [3.05, 3.63) is 34.9 Å². The van der Waals surface area contributed by atoms with Crippen LogP contribution in [-0.4, -0.2) is 30.5 Å². The van der Waals surface area contributed by atoms with Crippen LogP contribution in [0.2, 0.25) is 0 Å². The topological polar surface area (TPSA) is 38.3 Å². The van der Waals surface area contributed by atoms with E-state index in [1.165, 1.54) is 5.56 Å². The highest BCUT2D eigenvalue weighted by atomic mass is 35.5. The summed E-state index contributed by atoms with van der Waals surface area (Å²) >= 11 is 6.07. The van der Waals surface area contributed by atoms with Gasteiger partial charge >= 0.3 is 0 Å². The molecule has 1 aliphatic heterocycles. The van der Waals surface area contributed by atoms with E-state index in [-0.39, 0.29) is 11.4 Å². The number of carbonyl (C=O) groups excluding carboxylic acids is 1. The second-order valence-corrected chi connectivity index (χ2v) is 5.95. The van der Waals surface area contributed by atoms with Crippen LogP contribution >= 0.6 is 11.6 Å². The molecular formula is C16H22ClNO2. The van der Waals surface area contributed by atoms with Crippen LogP contribution in [0.3, 0.4) is 0 Å². The Morgan fingerprint density at radius 2 is 2.05 bits per heavy atom. The number of hydrogen-bond acceptors (Lipinski definition) is 2. The maximum absolute atomic E-state index is 12.3. The van der Waals surface area contributed by atoms with Gasteiger partial charge in [-0.25, -0.2) is 0 Å². The van der Waals surface area contributed by atoms with Crippen molar-refractivity contribution in [2.75, 3.05) is 19.1 Å². The van der Waals surface area contributed by atoms with Crippen molar-refractivity contribution in [2.45, 2.75) is 38.6 Å². The molecule has 0 aromatic heterocycles. The molecule has 0 aliphatic carbocycles. The summed E-state index contributed by atoms with van der Waals surface area (Å²) in [5.41, 5.74) is 3.11. The van der Waals surface area contributed by atoms with E-state index in [2.05, 4.69) is 23.5 Å². The number of halogens is 1. The third-order valence-corrected chi connectivity index (χ3v) is 4.48. The van der Waals surface area contributed by atoms with E-state index in [0.717, 1.165) is 24.0 Å². The Labute approximate surface area is 125 Å². The molecule has 1 aromatic carbocycles. The average Bonchev–Trinajstić information content (AvgIpc) is 2.44. The molecule has 4 heteroatoms. The molecule has 3 nitrogen and oxygen atoms in total. The molecule has 1 N–H and O–H groups in total. The van der Waals surface area contributed by atoms with E-state index in [0.29, 0.717) is 25.5 Å². The van der Waals surface area contributed by atoms with Gasteiger partial charge in [0.1, 0.15) is 0 Å². The molecule has 1 aromatic rings. The van der Waals surface area contributed by atoms with Crippen molar-refractivity contribution in [3.63, 3.8) is 0 Å². The monoisotopic (exact) mass is 295 g/mol. The minimum atomic E-state index is -0.297. The molecule has 1 saturated heterocycles. The molecular weight excluding hydrogens is 274 g/mol. The highest BCUT2D eigenvalue weighted by molar-refractivity contribution is 6.18. The summed E-state index contributed by atoms with van der Waals surface area (Å²) in [6, 6.07) is 6.20. The largest absolute Gasteiger partial charge is 0.381 e. The lowest BCUT2D eigenvalue weighted by Crippen LogP contribution is -2.53. The molecule has 0 spiro atoms. The molecule has 0 atom stereocenters. The Balaban J connectivity index is 2.02.